The molecule has 4 rings (SSSR count). The van der Waals surface area contributed by atoms with Crippen LogP contribution in [-0.2, 0) is 24.6 Å². The minimum absolute atomic E-state index is 0.259. The lowest BCUT2D eigenvalue weighted by molar-refractivity contribution is 0.948. The van der Waals surface area contributed by atoms with Crippen LogP contribution in [0.4, 0.5) is 0 Å². The van der Waals surface area contributed by atoms with Gasteiger partial charge in [-0.25, -0.2) is 0 Å². The van der Waals surface area contributed by atoms with E-state index in [-0.39, 0.29) is 20.7 Å². The van der Waals surface area contributed by atoms with Crippen LogP contribution >= 0.6 is 15.8 Å². The molecule has 168 valence electrons. The van der Waals surface area contributed by atoms with Gasteiger partial charge in [-0.05, 0) is 46.9 Å². The average molecular weight is 469 g/mol. The van der Waals surface area contributed by atoms with Gasteiger partial charge in [-0.15, -0.1) is 0 Å². The molecule has 0 heterocycles. The molecule has 2 heteroatoms. The van der Waals surface area contributed by atoms with E-state index in [9.17, 15) is 0 Å². The lowest BCUT2D eigenvalue weighted by atomic mass is 10.2. The minimum atomic E-state index is -0.259. The van der Waals surface area contributed by atoms with Crippen LogP contribution in [0.15, 0.2) is 121 Å². The molecule has 33 heavy (non-hydrogen) atoms. The van der Waals surface area contributed by atoms with E-state index in [2.05, 4.69) is 135 Å². The SMILES string of the molecule is CC(C)(P(Cc1ccccc1)Cc1ccccc1)P(Cc1ccccc1)Cc1ccccc1. The fourth-order valence-corrected chi connectivity index (χ4v) is 11.1. The van der Waals surface area contributed by atoms with Crippen LogP contribution in [0.3, 0.4) is 0 Å². The molecule has 0 saturated carbocycles. The number of benzene rings is 4. The van der Waals surface area contributed by atoms with E-state index < -0.39 is 0 Å². The van der Waals surface area contributed by atoms with Crippen molar-refractivity contribution in [3.8, 4) is 0 Å². The van der Waals surface area contributed by atoms with E-state index in [1.165, 1.54) is 46.9 Å². The first-order valence-electron chi connectivity index (χ1n) is 11.8. The lowest BCUT2D eigenvalue weighted by Crippen LogP contribution is -2.19. The third-order valence-electron chi connectivity index (χ3n) is 6.41. The third-order valence-corrected chi connectivity index (χ3v) is 14.2. The van der Waals surface area contributed by atoms with Crippen molar-refractivity contribution in [1.82, 2.24) is 0 Å². The fraction of sp³-hybridized carbons (Fsp3) is 0.226. The molecule has 0 aliphatic rings. The van der Waals surface area contributed by atoms with Crippen molar-refractivity contribution < 1.29 is 0 Å². The first-order chi connectivity index (χ1) is 16.1. The van der Waals surface area contributed by atoms with Crippen LogP contribution in [0.2, 0.25) is 0 Å². The molecule has 0 amide bonds. The molecular formula is C31H34P2. The molecule has 4 aromatic rings. The van der Waals surface area contributed by atoms with Crippen molar-refractivity contribution in [2.45, 2.75) is 43.4 Å². The van der Waals surface area contributed by atoms with Crippen LogP contribution in [0.25, 0.3) is 0 Å². The van der Waals surface area contributed by atoms with E-state index in [0.29, 0.717) is 0 Å². The molecule has 0 spiro atoms. The van der Waals surface area contributed by atoms with Crippen molar-refractivity contribution in [3.05, 3.63) is 144 Å². The smallest absolute Gasteiger partial charge is 0.00616 e. The Balaban J connectivity index is 1.67. The summed E-state index contributed by atoms with van der Waals surface area (Å²) in [6.45, 7) is 5.14. The molecule has 0 unspecified atom stereocenters. The molecule has 0 aliphatic heterocycles. The minimum Gasteiger partial charge on any atom is -0.0874 e. The van der Waals surface area contributed by atoms with Crippen LogP contribution in [-0.4, -0.2) is 4.90 Å². The normalized spacial score (nSPS) is 11.8. The van der Waals surface area contributed by atoms with Gasteiger partial charge in [0.15, 0.2) is 0 Å². The Kier molecular flexibility index (Phi) is 8.50. The predicted octanol–water partition coefficient (Wildman–Crippen LogP) is 9.49. The Morgan fingerprint density at radius 2 is 0.606 bits per heavy atom. The fourth-order valence-electron chi connectivity index (χ4n) is 4.30. The second-order valence-electron chi connectivity index (χ2n) is 9.15. The molecule has 4 aromatic carbocycles. The molecule has 0 radical (unpaired) electrons. The van der Waals surface area contributed by atoms with Crippen LogP contribution < -0.4 is 0 Å². The largest absolute Gasteiger partial charge is 0.0874 e. The zero-order valence-corrected chi connectivity index (χ0v) is 21.6. The summed E-state index contributed by atoms with van der Waals surface area (Å²) >= 11 is 0. The van der Waals surface area contributed by atoms with Gasteiger partial charge in [0.2, 0.25) is 0 Å². The molecule has 0 nitrogen and oxygen atoms in total. The van der Waals surface area contributed by atoms with Gasteiger partial charge < -0.3 is 0 Å². The summed E-state index contributed by atoms with van der Waals surface area (Å²) in [5.74, 6) is 0. The summed E-state index contributed by atoms with van der Waals surface area (Å²) in [5, 5.41) is 0. The Morgan fingerprint density at radius 1 is 0.394 bits per heavy atom. The number of hydrogen-bond acceptors (Lipinski definition) is 0. The number of hydrogen-bond donors (Lipinski definition) is 0. The monoisotopic (exact) mass is 468 g/mol. The highest BCUT2D eigenvalue weighted by molar-refractivity contribution is 7.75. The quantitative estimate of drug-likeness (QED) is 0.203. The van der Waals surface area contributed by atoms with Gasteiger partial charge in [-0.3, -0.25) is 0 Å². The molecule has 0 fully saturated rings. The zero-order chi connectivity index (χ0) is 22.9. The standard InChI is InChI=1S/C31H34P2/c1-31(2,32(23-27-15-7-3-8-16-27)24-28-17-9-4-10-18-28)33(25-29-19-11-5-12-20-29)26-30-21-13-6-14-22-30/h3-22H,23-26H2,1-2H3. The van der Waals surface area contributed by atoms with E-state index in [1.807, 2.05) is 0 Å². The first kappa shape index (κ1) is 23.9. The number of rotatable bonds is 10. The van der Waals surface area contributed by atoms with Gasteiger partial charge in [0.25, 0.3) is 0 Å². The van der Waals surface area contributed by atoms with Crippen molar-refractivity contribution >= 4 is 15.8 Å². The highest BCUT2D eigenvalue weighted by atomic mass is 31.2. The zero-order valence-electron chi connectivity index (χ0n) is 19.8. The second-order valence-corrected chi connectivity index (χ2v) is 15.2. The van der Waals surface area contributed by atoms with E-state index >= 15 is 0 Å². The summed E-state index contributed by atoms with van der Waals surface area (Å²) in [5.41, 5.74) is 5.90. The van der Waals surface area contributed by atoms with Gasteiger partial charge in [-0.1, -0.05) is 151 Å². The Labute approximate surface area is 202 Å². The molecule has 0 aromatic heterocycles. The second kappa shape index (κ2) is 11.7. The predicted molar refractivity (Wildman–Crippen MR) is 149 cm³/mol. The Bertz CT molecular complexity index is 905. The van der Waals surface area contributed by atoms with Crippen molar-refractivity contribution in [2.75, 3.05) is 0 Å². The van der Waals surface area contributed by atoms with Crippen molar-refractivity contribution in [1.29, 1.82) is 0 Å². The summed E-state index contributed by atoms with van der Waals surface area (Å²) in [6, 6.07) is 44.5. The van der Waals surface area contributed by atoms with Gasteiger partial charge in [0, 0.05) is 4.90 Å². The van der Waals surface area contributed by atoms with Crippen LogP contribution in [0.1, 0.15) is 36.1 Å². The average Bonchev–Trinajstić information content (AvgIpc) is 2.86. The summed E-state index contributed by atoms with van der Waals surface area (Å²) in [7, 11) is -0.519. The Hall–Kier alpha value is -2.26. The highest BCUT2D eigenvalue weighted by Crippen LogP contribution is 2.71. The third kappa shape index (κ3) is 6.86. The molecule has 0 bridgehead atoms. The maximum Gasteiger partial charge on any atom is 0.00616 e. The van der Waals surface area contributed by atoms with Crippen LogP contribution in [0, 0.1) is 0 Å². The molecule has 0 N–H and O–H groups in total. The maximum atomic E-state index is 2.57. The van der Waals surface area contributed by atoms with Gasteiger partial charge >= 0.3 is 0 Å². The van der Waals surface area contributed by atoms with Gasteiger partial charge in [-0.2, -0.15) is 0 Å². The van der Waals surface area contributed by atoms with Crippen molar-refractivity contribution in [3.63, 3.8) is 0 Å². The molecule has 0 aliphatic carbocycles. The summed E-state index contributed by atoms with van der Waals surface area (Å²) in [6.07, 6.45) is 4.72. The molecule has 0 atom stereocenters. The molecule has 0 saturated heterocycles. The molecular weight excluding hydrogens is 434 g/mol. The highest BCUT2D eigenvalue weighted by Gasteiger charge is 2.36. The van der Waals surface area contributed by atoms with Gasteiger partial charge in [0.1, 0.15) is 0 Å². The van der Waals surface area contributed by atoms with Gasteiger partial charge in [0.05, 0.1) is 0 Å². The maximum absolute atomic E-state index is 2.57. The Morgan fingerprint density at radius 3 is 0.818 bits per heavy atom. The van der Waals surface area contributed by atoms with Crippen molar-refractivity contribution in [2.24, 2.45) is 0 Å². The van der Waals surface area contributed by atoms with Crippen LogP contribution in [0.5, 0.6) is 0 Å². The lowest BCUT2D eigenvalue weighted by Gasteiger charge is -2.43. The van der Waals surface area contributed by atoms with E-state index in [4.69, 9.17) is 0 Å². The summed E-state index contributed by atoms with van der Waals surface area (Å²) < 4.78 is 0. The van der Waals surface area contributed by atoms with E-state index in [0.717, 1.165) is 0 Å². The topological polar surface area (TPSA) is 0 Å². The summed E-state index contributed by atoms with van der Waals surface area (Å²) in [4.78, 5) is 0.280. The first-order valence-corrected chi connectivity index (χ1v) is 15.2. The van der Waals surface area contributed by atoms with E-state index in [1.54, 1.807) is 0 Å².